The van der Waals surface area contributed by atoms with Crippen molar-refractivity contribution < 1.29 is 14.3 Å². The van der Waals surface area contributed by atoms with E-state index in [4.69, 9.17) is 5.11 Å². The fraction of sp³-hybridized carbons (Fsp3) is 0.462. The summed E-state index contributed by atoms with van der Waals surface area (Å²) in [5.41, 5.74) is 0.527. The fourth-order valence-corrected chi connectivity index (χ4v) is 2.29. The van der Waals surface area contributed by atoms with Crippen LogP contribution in [0.4, 0.5) is 4.39 Å². The number of aliphatic hydroxyl groups is 1. The summed E-state index contributed by atoms with van der Waals surface area (Å²) in [6, 6.07) is 6.21. The molecule has 1 aromatic rings. The molecule has 0 saturated carbocycles. The second kappa shape index (κ2) is 4.84. The first-order chi connectivity index (χ1) is 8.13. The number of aliphatic hydroxyl groups excluding tert-OH is 1. The highest BCUT2D eigenvalue weighted by Gasteiger charge is 2.33. The van der Waals surface area contributed by atoms with Gasteiger partial charge in [0.15, 0.2) is 0 Å². The van der Waals surface area contributed by atoms with Crippen molar-refractivity contribution in [1.29, 1.82) is 0 Å². The van der Waals surface area contributed by atoms with E-state index in [1.54, 1.807) is 23.1 Å². The van der Waals surface area contributed by atoms with Gasteiger partial charge in [0.25, 0.3) is 0 Å². The summed E-state index contributed by atoms with van der Waals surface area (Å²) < 4.78 is 13.6. The number of amides is 1. The van der Waals surface area contributed by atoms with E-state index in [0.29, 0.717) is 18.5 Å². The van der Waals surface area contributed by atoms with Crippen LogP contribution in [0.25, 0.3) is 0 Å². The third kappa shape index (κ3) is 2.31. The molecule has 1 aliphatic rings. The van der Waals surface area contributed by atoms with Crippen LogP contribution >= 0.6 is 0 Å². The van der Waals surface area contributed by atoms with E-state index < -0.39 is 0 Å². The Kier molecular flexibility index (Phi) is 3.43. The van der Waals surface area contributed by atoms with Crippen LogP contribution in [0.2, 0.25) is 0 Å². The van der Waals surface area contributed by atoms with Crippen LogP contribution in [0.3, 0.4) is 0 Å². The topological polar surface area (TPSA) is 40.5 Å². The van der Waals surface area contributed by atoms with Crippen LogP contribution in [0.15, 0.2) is 24.3 Å². The number of hydrogen-bond donors (Lipinski definition) is 1. The van der Waals surface area contributed by atoms with E-state index in [-0.39, 0.29) is 30.3 Å². The molecule has 0 aliphatic carbocycles. The van der Waals surface area contributed by atoms with Gasteiger partial charge in [0, 0.05) is 31.1 Å². The number of carbonyl (C=O) groups is 1. The van der Waals surface area contributed by atoms with Gasteiger partial charge < -0.3 is 10.0 Å². The molecule has 3 nitrogen and oxygen atoms in total. The van der Waals surface area contributed by atoms with E-state index in [9.17, 15) is 9.18 Å². The molecule has 17 heavy (non-hydrogen) atoms. The largest absolute Gasteiger partial charge is 0.396 e. The van der Waals surface area contributed by atoms with Crippen molar-refractivity contribution in [3.8, 4) is 0 Å². The predicted octanol–water partition coefficient (Wildman–Crippen LogP) is 1.73. The van der Waals surface area contributed by atoms with E-state index in [0.717, 1.165) is 0 Å². The molecule has 4 heteroatoms. The number of hydrogen-bond acceptors (Lipinski definition) is 2. The summed E-state index contributed by atoms with van der Waals surface area (Å²) in [4.78, 5) is 13.4. The third-order valence-electron chi connectivity index (χ3n) is 3.32. The van der Waals surface area contributed by atoms with E-state index in [2.05, 4.69) is 0 Å². The fourth-order valence-electron chi connectivity index (χ4n) is 2.29. The minimum Gasteiger partial charge on any atom is -0.396 e. The lowest BCUT2D eigenvalue weighted by molar-refractivity contribution is -0.129. The van der Waals surface area contributed by atoms with Gasteiger partial charge in [-0.2, -0.15) is 0 Å². The number of carbonyl (C=O) groups excluding carboxylic acids is 1. The zero-order valence-corrected chi connectivity index (χ0v) is 9.77. The highest BCUT2D eigenvalue weighted by Crippen LogP contribution is 2.29. The molecule has 0 spiro atoms. The quantitative estimate of drug-likeness (QED) is 0.869. The lowest BCUT2D eigenvalue weighted by Gasteiger charge is -2.25. The van der Waals surface area contributed by atoms with Crippen LogP contribution in [0.1, 0.15) is 24.9 Å². The molecule has 0 aromatic heterocycles. The van der Waals surface area contributed by atoms with Crippen LogP contribution in [-0.4, -0.2) is 29.1 Å². The van der Waals surface area contributed by atoms with E-state index in [1.807, 2.05) is 6.92 Å². The number of rotatable bonds is 3. The average Bonchev–Trinajstić information content (AvgIpc) is 2.70. The summed E-state index contributed by atoms with van der Waals surface area (Å²) in [6.45, 7) is 2.33. The molecule has 1 N–H and O–H groups in total. The zero-order valence-electron chi connectivity index (χ0n) is 9.77. The minimum atomic E-state index is -0.291. The van der Waals surface area contributed by atoms with Crippen molar-refractivity contribution in [2.45, 2.75) is 19.4 Å². The second-order valence-corrected chi connectivity index (χ2v) is 4.50. The van der Waals surface area contributed by atoms with Crippen LogP contribution < -0.4 is 0 Å². The Labute approximate surface area is 99.9 Å². The summed E-state index contributed by atoms with van der Waals surface area (Å²) in [7, 11) is 0. The molecule has 1 amide bonds. The Morgan fingerprint density at radius 3 is 2.82 bits per heavy atom. The molecular weight excluding hydrogens is 221 g/mol. The van der Waals surface area contributed by atoms with Crippen molar-refractivity contribution in [2.24, 2.45) is 5.92 Å². The van der Waals surface area contributed by atoms with Crippen LogP contribution in [0, 0.1) is 11.7 Å². The first-order valence-electron chi connectivity index (χ1n) is 5.78. The molecule has 92 valence electrons. The van der Waals surface area contributed by atoms with Crippen molar-refractivity contribution in [2.75, 3.05) is 13.2 Å². The highest BCUT2D eigenvalue weighted by atomic mass is 19.1. The first kappa shape index (κ1) is 12.0. The smallest absolute Gasteiger partial charge is 0.223 e. The molecule has 1 heterocycles. The van der Waals surface area contributed by atoms with Gasteiger partial charge in [-0.3, -0.25) is 4.79 Å². The average molecular weight is 237 g/mol. The maximum atomic E-state index is 13.6. The Balaban J connectivity index is 2.18. The summed E-state index contributed by atoms with van der Waals surface area (Å²) in [5, 5.41) is 9.06. The second-order valence-electron chi connectivity index (χ2n) is 4.50. The molecule has 1 saturated heterocycles. The molecular formula is C13H16FNO2. The number of likely N-dealkylation sites (tertiary alicyclic amines) is 1. The van der Waals surface area contributed by atoms with Gasteiger partial charge in [-0.25, -0.2) is 4.39 Å². The van der Waals surface area contributed by atoms with Gasteiger partial charge in [0.05, 0.1) is 6.04 Å². The maximum absolute atomic E-state index is 13.6. The molecule has 0 bridgehead atoms. The van der Waals surface area contributed by atoms with E-state index >= 15 is 0 Å². The molecule has 2 atom stereocenters. The van der Waals surface area contributed by atoms with Crippen molar-refractivity contribution in [1.82, 2.24) is 4.90 Å². The molecule has 2 rings (SSSR count). The normalized spacial score (nSPS) is 21.9. The Bertz CT molecular complexity index is 422. The highest BCUT2D eigenvalue weighted by molar-refractivity contribution is 5.79. The Morgan fingerprint density at radius 2 is 2.24 bits per heavy atom. The number of benzene rings is 1. The molecule has 1 aromatic carbocycles. The van der Waals surface area contributed by atoms with Gasteiger partial charge in [0.1, 0.15) is 5.82 Å². The van der Waals surface area contributed by atoms with E-state index in [1.165, 1.54) is 6.07 Å². The summed E-state index contributed by atoms with van der Waals surface area (Å²) in [5.74, 6) is -0.322. The third-order valence-corrected chi connectivity index (χ3v) is 3.32. The lowest BCUT2D eigenvalue weighted by Crippen LogP contribution is -2.29. The molecule has 2 unspecified atom stereocenters. The van der Waals surface area contributed by atoms with Crippen molar-refractivity contribution >= 4 is 5.91 Å². The van der Waals surface area contributed by atoms with Crippen LogP contribution in [0.5, 0.6) is 0 Å². The standard InChI is InChI=1S/C13H16FNO2/c1-9(11-4-2-3-5-12(11)14)15-7-10(8-16)6-13(15)17/h2-5,9-10,16H,6-8H2,1H3. The van der Waals surface area contributed by atoms with Gasteiger partial charge >= 0.3 is 0 Å². The number of nitrogens with zero attached hydrogens (tertiary/aromatic N) is 1. The summed E-state index contributed by atoms with van der Waals surface area (Å²) in [6.07, 6.45) is 0.356. The zero-order chi connectivity index (χ0) is 12.4. The predicted molar refractivity (Wildman–Crippen MR) is 61.7 cm³/mol. The molecule has 1 aliphatic heterocycles. The van der Waals surface area contributed by atoms with Gasteiger partial charge in [-0.15, -0.1) is 0 Å². The maximum Gasteiger partial charge on any atom is 0.223 e. The van der Waals surface area contributed by atoms with Gasteiger partial charge in [-0.05, 0) is 13.0 Å². The monoisotopic (exact) mass is 237 g/mol. The van der Waals surface area contributed by atoms with Crippen molar-refractivity contribution in [3.05, 3.63) is 35.6 Å². The van der Waals surface area contributed by atoms with Gasteiger partial charge in [-0.1, -0.05) is 18.2 Å². The SMILES string of the molecule is CC(c1ccccc1F)N1CC(CO)CC1=O. The molecule has 1 fully saturated rings. The minimum absolute atomic E-state index is 0.00618. The summed E-state index contributed by atoms with van der Waals surface area (Å²) >= 11 is 0. The molecule has 0 radical (unpaired) electrons. The Hall–Kier alpha value is -1.42. The lowest BCUT2D eigenvalue weighted by atomic mass is 10.1. The van der Waals surface area contributed by atoms with Gasteiger partial charge in [0.2, 0.25) is 5.91 Å². The van der Waals surface area contributed by atoms with Crippen molar-refractivity contribution in [3.63, 3.8) is 0 Å². The first-order valence-corrected chi connectivity index (χ1v) is 5.78. The van der Waals surface area contributed by atoms with Crippen LogP contribution in [-0.2, 0) is 4.79 Å². The number of halogens is 1. The Morgan fingerprint density at radius 1 is 1.53 bits per heavy atom.